The van der Waals surface area contributed by atoms with Crippen molar-refractivity contribution in [1.29, 1.82) is 0 Å². The summed E-state index contributed by atoms with van der Waals surface area (Å²) in [6, 6.07) is 9.19. The molecule has 11 nitrogen and oxygen atoms in total. The lowest BCUT2D eigenvalue weighted by molar-refractivity contribution is -0.137. The molecular weight excluding hydrogens is 659 g/mol. The van der Waals surface area contributed by atoms with Crippen molar-refractivity contribution in [1.82, 2.24) is 4.57 Å². The first kappa shape index (κ1) is 37.1. The van der Waals surface area contributed by atoms with Crippen molar-refractivity contribution in [2.45, 2.75) is 49.8 Å². The van der Waals surface area contributed by atoms with Crippen molar-refractivity contribution in [3.63, 3.8) is 0 Å². The van der Waals surface area contributed by atoms with E-state index in [0.29, 0.717) is 42.6 Å². The van der Waals surface area contributed by atoms with Crippen LogP contribution in [0, 0.1) is 0 Å². The van der Waals surface area contributed by atoms with E-state index in [4.69, 9.17) is 9.76 Å². The number of pyridine rings is 1. The minimum Gasteiger partial charge on any atom is -0.504 e. The number of nitrogens with zero attached hydrogens (tertiary/aromatic N) is 3. The van der Waals surface area contributed by atoms with E-state index in [1.54, 1.807) is 49.3 Å². The van der Waals surface area contributed by atoms with E-state index in [9.17, 15) is 36.0 Å². The summed E-state index contributed by atoms with van der Waals surface area (Å²) >= 11 is 0. The third-order valence-corrected chi connectivity index (χ3v) is 9.31. The van der Waals surface area contributed by atoms with Crippen molar-refractivity contribution in [2.24, 2.45) is 7.05 Å². The summed E-state index contributed by atoms with van der Waals surface area (Å²) in [5.74, 6) is -2.21. The minimum absolute atomic E-state index is 0.0503. The van der Waals surface area contributed by atoms with Gasteiger partial charge >= 0.3 is 13.4 Å². The number of hydrogen-bond donors (Lipinski definition) is 2. The Bertz CT molecular complexity index is 2040. The zero-order valence-electron chi connectivity index (χ0n) is 27.8. The number of aromatic nitrogens is 1. The molecule has 2 N–H and O–H groups in total. The maximum absolute atomic E-state index is 13.5. The van der Waals surface area contributed by atoms with Crippen molar-refractivity contribution in [2.75, 3.05) is 30.4 Å². The number of hydrogen-bond acceptors (Lipinski definition) is 8. The van der Waals surface area contributed by atoms with Crippen LogP contribution in [0.25, 0.3) is 10.9 Å². The van der Waals surface area contributed by atoms with E-state index in [0.717, 1.165) is 17.5 Å². The second kappa shape index (κ2) is 14.8. The number of fused-ring (bicyclic) bond motifs is 2. The molecule has 49 heavy (non-hydrogen) atoms. The van der Waals surface area contributed by atoms with Gasteiger partial charge in [-0.15, -0.1) is 0 Å². The average molecular weight is 698 g/mol. The molecule has 4 rings (SSSR count). The number of carboxylic acid groups (broad SMARTS) is 1. The first-order valence-electron chi connectivity index (χ1n) is 15.4. The lowest BCUT2D eigenvalue weighted by Crippen LogP contribution is -2.27. The Hall–Kier alpha value is -4.76. The minimum atomic E-state index is -4.46. The summed E-state index contributed by atoms with van der Waals surface area (Å²) < 4.78 is 66.4. The van der Waals surface area contributed by atoms with Gasteiger partial charge in [0.2, 0.25) is 0 Å². The van der Waals surface area contributed by atoms with Gasteiger partial charge in [-0.2, -0.15) is 8.42 Å². The molecule has 0 saturated heterocycles. The van der Waals surface area contributed by atoms with Crippen molar-refractivity contribution < 1.29 is 41.0 Å². The van der Waals surface area contributed by atoms with Crippen LogP contribution < -0.4 is 20.0 Å². The molecule has 0 aliphatic carbocycles. The van der Waals surface area contributed by atoms with Crippen LogP contribution >= 0.6 is 0 Å². The zero-order valence-corrected chi connectivity index (χ0v) is 28.6. The molecule has 260 valence electrons. The number of carboxylic acids is 1. The lowest BCUT2D eigenvalue weighted by atomic mass is 9.83. The third kappa shape index (κ3) is 8.11. The van der Waals surface area contributed by atoms with Gasteiger partial charge in [0, 0.05) is 62.0 Å². The van der Waals surface area contributed by atoms with Crippen molar-refractivity contribution in [3.8, 4) is 5.75 Å². The van der Waals surface area contributed by atoms with Gasteiger partial charge in [0.05, 0.1) is 10.4 Å². The van der Waals surface area contributed by atoms with Gasteiger partial charge in [0.15, 0.2) is 5.78 Å². The van der Waals surface area contributed by atoms with Crippen molar-refractivity contribution in [3.05, 3.63) is 94.0 Å². The molecule has 0 saturated carbocycles. The maximum atomic E-state index is 13.5. The number of halogens is 2. The summed E-state index contributed by atoms with van der Waals surface area (Å²) in [5, 5.41) is 9.13. The van der Waals surface area contributed by atoms with E-state index in [1.807, 2.05) is 18.7 Å². The van der Waals surface area contributed by atoms with Crippen LogP contribution in [0.1, 0.15) is 55.5 Å². The van der Waals surface area contributed by atoms with Gasteiger partial charge in [-0.1, -0.05) is 38.5 Å². The second-order valence-electron chi connectivity index (χ2n) is 12.3. The Morgan fingerprint density at radius 2 is 1.76 bits per heavy atom. The summed E-state index contributed by atoms with van der Waals surface area (Å²) in [4.78, 5) is 41.0. The van der Waals surface area contributed by atoms with Crippen LogP contribution in [0.3, 0.4) is 0 Å². The molecule has 0 fully saturated rings. The molecule has 0 atom stereocenters. The van der Waals surface area contributed by atoms with Crippen molar-refractivity contribution >= 4 is 51.6 Å². The number of anilines is 2. The zero-order chi connectivity index (χ0) is 36.3. The van der Waals surface area contributed by atoms with Gasteiger partial charge in [0.1, 0.15) is 11.3 Å². The van der Waals surface area contributed by atoms with Crippen LogP contribution in [0.5, 0.6) is 5.75 Å². The number of rotatable bonds is 14. The topological polar surface area (TPSA) is 146 Å². The van der Waals surface area contributed by atoms with Crippen LogP contribution in [0.15, 0.2) is 82.2 Å². The normalized spacial score (nSPS) is 15.0. The third-order valence-electron chi connectivity index (χ3n) is 8.46. The molecule has 0 amide bonds. The monoisotopic (exact) mass is 697 g/mol. The number of unbranched alkanes of at least 4 members (excludes halogenated alkanes) is 2. The van der Waals surface area contributed by atoms with E-state index >= 15 is 0 Å². The van der Waals surface area contributed by atoms with Gasteiger partial charge in [-0.3, -0.25) is 18.9 Å². The average Bonchev–Trinajstić information content (AvgIpc) is 3.23. The fourth-order valence-electron chi connectivity index (χ4n) is 5.92. The van der Waals surface area contributed by atoms with Crippen LogP contribution in [-0.4, -0.2) is 62.5 Å². The van der Waals surface area contributed by atoms with Gasteiger partial charge in [-0.05, 0) is 67.0 Å². The number of carbonyl (C=O) groups excluding carboxylic acids is 1. The molecule has 3 aromatic rings. The highest BCUT2D eigenvalue weighted by Crippen LogP contribution is 2.48. The van der Waals surface area contributed by atoms with Gasteiger partial charge in [-0.25, -0.2) is 8.63 Å². The van der Waals surface area contributed by atoms with E-state index in [-0.39, 0.29) is 16.7 Å². The highest BCUT2D eigenvalue weighted by Gasteiger charge is 2.40. The van der Waals surface area contributed by atoms with Crippen LogP contribution in [-0.2, 0) is 27.4 Å². The molecule has 2 heterocycles. The number of benzene rings is 2. The molecule has 0 bridgehead atoms. The Labute approximate surface area is 283 Å². The molecule has 1 aromatic heterocycles. The SMILES string of the molecule is CN(C)c1ccc2c(OB(F)F)c(C(=O)/C=C/C=C/C=C3\N(CCCCCC(=O)O)c4ccc(S(=O)(=O)O)cc4C3(C)C)c(=O)n(C)c2c1. The quantitative estimate of drug-likeness (QED) is 0.0531. The van der Waals surface area contributed by atoms with Gasteiger partial charge in [0.25, 0.3) is 15.7 Å². The lowest BCUT2D eigenvalue weighted by Gasteiger charge is -2.27. The van der Waals surface area contributed by atoms with E-state index in [2.05, 4.69) is 0 Å². The fraction of sp³-hybridized carbons (Fsp3) is 0.324. The van der Waals surface area contributed by atoms with E-state index in [1.165, 1.54) is 42.0 Å². The Balaban J connectivity index is 1.66. The standard InChI is InChI=1S/C34H38BF2N3O8S/c1-34(2)25-21-23(49(45,46)47)16-18-26(25)40(19-11-7-10-14-30(42)43)29(34)13-9-6-8-12-28(41)31-32(48-35(36)37)24-17-15-22(38(3)4)20-27(24)39(5)33(31)44/h6,8-9,12-13,15-18,20-21H,7,10-11,14,19H2,1-5H3,(H,42,43)(H,45,46,47)/b9-6+,12-8+,29-13-. The Morgan fingerprint density at radius 1 is 1.04 bits per heavy atom. The molecule has 1 aliphatic rings. The number of allylic oxidation sites excluding steroid dienone is 6. The summed E-state index contributed by atoms with van der Waals surface area (Å²) in [7, 11) is -2.71. The smallest absolute Gasteiger partial charge is 0.504 e. The van der Waals surface area contributed by atoms with E-state index < -0.39 is 51.6 Å². The molecule has 0 unspecified atom stereocenters. The van der Waals surface area contributed by atoms with Crippen LogP contribution in [0.4, 0.5) is 20.0 Å². The Morgan fingerprint density at radius 3 is 2.39 bits per heavy atom. The summed E-state index contributed by atoms with van der Waals surface area (Å²) in [6.45, 7) is 4.29. The first-order valence-corrected chi connectivity index (χ1v) is 16.9. The maximum Gasteiger partial charge on any atom is 0.796 e. The second-order valence-corrected chi connectivity index (χ2v) is 13.8. The molecule has 1 aliphatic heterocycles. The number of aryl methyl sites for hydroxylation is 1. The molecule has 0 radical (unpaired) electrons. The summed E-state index contributed by atoms with van der Waals surface area (Å²) in [5.41, 5.74) is 1.15. The predicted molar refractivity (Wildman–Crippen MR) is 186 cm³/mol. The molecular formula is C34H38BF2N3O8S. The van der Waals surface area contributed by atoms with Gasteiger partial charge < -0.3 is 24.1 Å². The number of ketones is 1. The van der Waals surface area contributed by atoms with Crippen LogP contribution in [0.2, 0.25) is 0 Å². The first-order chi connectivity index (χ1) is 22.9. The largest absolute Gasteiger partial charge is 0.796 e. The highest BCUT2D eigenvalue weighted by atomic mass is 32.2. The molecule has 15 heteroatoms. The predicted octanol–water partition coefficient (Wildman–Crippen LogP) is 5.78. The summed E-state index contributed by atoms with van der Waals surface area (Å²) in [6.07, 6.45) is 9.25. The molecule has 2 aromatic carbocycles. The number of aliphatic carboxylic acids is 1. The Kier molecular flexibility index (Phi) is 11.2. The number of carbonyl (C=O) groups is 2. The highest BCUT2D eigenvalue weighted by molar-refractivity contribution is 7.85. The fourth-order valence-corrected chi connectivity index (χ4v) is 6.43. The molecule has 0 spiro atoms.